The van der Waals surface area contributed by atoms with E-state index in [1.807, 2.05) is 30.3 Å². The highest BCUT2D eigenvalue weighted by molar-refractivity contribution is 5.70. The van der Waals surface area contributed by atoms with Crippen molar-refractivity contribution in [2.75, 3.05) is 13.1 Å². The largest absolute Gasteiger partial charge is 0.445 e. The zero-order valence-electron chi connectivity index (χ0n) is 12.4. The molecule has 2 amide bonds. The van der Waals surface area contributed by atoms with Crippen molar-refractivity contribution < 1.29 is 19.1 Å². The van der Waals surface area contributed by atoms with Crippen LogP contribution in [0.3, 0.4) is 0 Å². The lowest BCUT2D eigenvalue weighted by molar-refractivity contribution is 0.0659. The highest BCUT2D eigenvalue weighted by atomic mass is 16.6. The van der Waals surface area contributed by atoms with Crippen molar-refractivity contribution in [3.8, 4) is 0 Å². The van der Waals surface area contributed by atoms with Gasteiger partial charge < -0.3 is 14.4 Å². The molecule has 1 aromatic rings. The molecule has 0 bridgehead atoms. The summed E-state index contributed by atoms with van der Waals surface area (Å²) in [6.07, 6.45) is 1.27. The fourth-order valence-corrected chi connectivity index (χ4v) is 2.10. The average molecular weight is 304 g/mol. The molecule has 1 aliphatic heterocycles. The molecular weight excluding hydrogens is 284 g/mol. The Bertz CT molecular complexity index is 512. The van der Waals surface area contributed by atoms with Crippen LogP contribution in [0, 0.1) is 0 Å². The maximum atomic E-state index is 11.8. The number of hydrogen-bond donors (Lipinski definition) is 1. The molecule has 1 unspecified atom stereocenters. The average Bonchev–Trinajstić information content (AvgIpc) is 3.08. The van der Waals surface area contributed by atoms with Crippen molar-refractivity contribution in [1.82, 2.24) is 10.2 Å². The lowest BCUT2D eigenvalue weighted by Crippen LogP contribution is -2.40. The Kier molecular flexibility index (Phi) is 5.82. The van der Waals surface area contributed by atoms with Gasteiger partial charge in [-0.2, -0.15) is 0 Å². The molecule has 1 fully saturated rings. The number of hydrogen-bond acceptors (Lipinski definition) is 4. The van der Waals surface area contributed by atoms with Gasteiger partial charge in [-0.3, -0.25) is 5.32 Å². The molecule has 1 atom stereocenters. The number of carbonyl (C=O) groups excluding carboxylic acids is 2. The van der Waals surface area contributed by atoms with Crippen LogP contribution >= 0.6 is 0 Å². The third kappa shape index (κ3) is 4.80. The SMILES string of the molecule is C=CC(NC(=O)OCc1ccccc1)OC(=O)N1CCCC1. The van der Waals surface area contributed by atoms with Crippen LogP contribution in [0.4, 0.5) is 9.59 Å². The second kappa shape index (κ2) is 8.07. The van der Waals surface area contributed by atoms with Crippen LogP contribution in [0.25, 0.3) is 0 Å². The minimum Gasteiger partial charge on any atom is -0.445 e. The molecule has 0 saturated carbocycles. The molecule has 1 aromatic carbocycles. The number of carbonyl (C=O) groups is 2. The summed E-state index contributed by atoms with van der Waals surface area (Å²) in [5, 5.41) is 2.44. The van der Waals surface area contributed by atoms with E-state index in [-0.39, 0.29) is 6.61 Å². The van der Waals surface area contributed by atoms with E-state index in [4.69, 9.17) is 9.47 Å². The normalized spacial score (nSPS) is 15.0. The maximum Gasteiger partial charge on any atom is 0.411 e. The van der Waals surface area contributed by atoms with E-state index in [0.29, 0.717) is 13.1 Å². The first-order valence-electron chi connectivity index (χ1n) is 7.24. The Balaban J connectivity index is 1.75. The second-order valence-electron chi connectivity index (χ2n) is 4.94. The molecule has 1 heterocycles. The molecule has 1 aliphatic rings. The molecule has 118 valence electrons. The standard InChI is InChI=1S/C16H20N2O4/c1-2-14(22-16(20)18-10-6-7-11-18)17-15(19)21-12-13-8-4-3-5-9-13/h2-5,8-9,14H,1,6-7,10-12H2,(H,17,19). The summed E-state index contributed by atoms with van der Waals surface area (Å²) in [4.78, 5) is 25.1. The number of alkyl carbamates (subject to hydrolysis) is 1. The van der Waals surface area contributed by atoms with Crippen LogP contribution in [-0.4, -0.2) is 36.4 Å². The molecule has 0 aliphatic carbocycles. The van der Waals surface area contributed by atoms with Crippen molar-refractivity contribution in [3.63, 3.8) is 0 Å². The Labute approximate surface area is 129 Å². The number of nitrogens with one attached hydrogen (secondary N) is 1. The van der Waals surface area contributed by atoms with Crippen LogP contribution in [0.15, 0.2) is 43.0 Å². The summed E-state index contributed by atoms with van der Waals surface area (Å²) >= 11 is 0. The van der Waals surface area contributed by atoms with Gasteiger partial charge in [0.2, 0.25) is 0 Å². The quantitative estimate of drug-likeness (QED) is 0.671. The highest BCUT2D eigenvalue weighted by Crippen LogP contribution is 2.10. The number of likely N-dealkylation sites (tertiary alicyclic amines) is 1. The van der Waals surface area contributed by atoms with E-state index in [1.165, 1.54) is 6.08 Å². The molecule has 0 radical (unpaired) electrons. The van der Waals surface area contributed by atoms with Gasteiger partial charge in [-0.15, -0.1) is 0 Å². The van der Waals surface area contributed by atoms with Gasteiger partial charge in [0.05, 0.1) is 0 Å². The fraction of sp³-hybridized carbons (Fsp3) is 0.375. The van der Waals surface area contributed by atoms with Gasteiger partial charge in [-0.1, -0.05) is 36.9 Å². The van der Waals surface area contributed by atoms with Crippen LogP contribution < -0.4 is 5.32 Å². The minimum absolute atomic E-state index is 0.149. The Morgan fingerprint density at radius 2 is 1.95 bits per heavy atom. The molecular formula is C16H20N2O4. The Hall–Kier alpha value is -2.50. The van der Waals surface area contributed by atoms with Crippen LogP contribution in [0.5, 0.6) is 0 Å². The summed E-state index contributed by atoms with van der Waals surface area (Å²) in [5.74, 6) is 0. The van der Waals surface area contributed by atoms with Gasteiger partial charge in [-0.05, 0) is 24.5 Å². The van der Waals surface area contributed by atoms with E-state index in [1.54, 1.807) is 4.90 Å². The monoisotopic (exact) mass is 304 g/mol. The molecule has 1 saturated heterocycles. The molecule has 6 nitrogen and oxygen atoms in total. The number of nitrogens with zero attached hydrogens (tertiary/aromatic N) is 1. The first kappa shape index (κ1) is 15.9. The predicted molar refractivity (Wildman–Crippen MR) is 81.0 cm³/mol. The molecule has 6 heteroatoms. The fourth-order valence-electron chi connectivity index (χ4n) is 2.10. The van der Waals surface area contributed by atoms with Gasteiger partial charge in [-0.25, -0.2) is 9.59 Å². The molecule has 1 N–H and O–H groups in total. The summed E-state index contributed by atoms with van der Waals surface area (Å²) in [5.41, 5.74) is 0.877. The van der Waals surface area contributed by atoms with Crippen molar-refractivity contribution in [2.24, 2.45) is 0 Å². The summed E-state index contributed by atoms with van der Waals surface area (Å²) in [6.45, 7) is 5.06. The van der Waals surface area contributed by atoms with Gasteiger partial charge in [0.15, 0.2) is 6.23 Å². The molecule has 0 aromatic heterocycles. The van der Waals surface area contributed by atoms with Crippen molar-refractivity contribution in [3.05, 3.63) is 48.6 Å². The van der Waals surface area contributed by atoms with E-state index in [0.717, 1.165) is 18.4 Å². The second-order valence-corrected chi connectivity index (χ2v) is 4.94. The van der Waals surface area contributed by atoms with E-state index in [9.17, 15) is 9.59 Å². The Morgan fingerprint density at radius 1 is 1.27 bits per heavy atom. The van der Waals surface area contributed by atoms with E-state index >= 15 is 0 Å². The zero-order valence-corrected chi connectivity index (χ0v) is 12.4. The third-order valence-electron chi connectivity index (χ3n) is 3.28. The lowest BCUT2D eigenvalue weighted by Gasteiger charge is -2.20. The summed E-state index contributed by atoms with van der Waals surface area (Å²) in [7, 11) is 0. The van der Waals surface area contributed by atoms with Crippen LogP contribution in [-0.2, 0) is 16.1 Å². The number of ether oxygens (including phenoxy) is 2. The van der Waals surface area contributed by atoms with Crippen LogP contribution in [0.2, 0.25) is 0 Å². The maximum absolute atomic E-state index is 11.8. The highest BCUT2D eigenvalue weighted by Gasteiger charge is 2.22. The predicted octanol–water partition coefficient (Wildman–Crippen LogP) is 2.66. The molecule has 0 spiro atoms. The van der Waals surface area contributed by atoms with E-state index in [2.05, 4.69) is 11.9 Å². The lowest BCUT2D eigenvalue weighted by atomic mass is 10.2. The topological polar surface area (TPSA) is 67.9 Å². The van der Waals surface area contributed by atoms with Gasteiger partial charge >= 0.3 is 12.2 Å². The van der Waals surface area contributed by atoms with Crippen molar-refractivity contribution in [1.29, 1.82) is 0 Å². The number of amides is 2. The van der Waals surface area contributed by atoms with Gasteiger partial charge in [0, 0.05) is 13.1 Å². The van der Waals surface area contributed by atoms with Crippen molar-refractivity contribution >= 4 is 12.2 Å². The van der Waals surface area contributed by atoms with Crippen molar-refractivity contribution in [2.45, 2.75) is 25.7 Å². The van der Waals surface area contributed by atoms with E-state index < -0.39 is 18.4 Å². The van der Waals surface area contributed by atoms with Gasteiger partial charge in [0.25, 0.3) is 0 Å². The number of rotatable bonds is 5. The summed E-state index contributed by atoms with van der Waals surface area (Å²) < 4.78 is 10.2. The zero-order chi connectivity index (χ0) is 15.8. The first-order valence-corrected chi connectivity index (χ1v) is 7.24. The smallest absolute Gasteiger partial charge is 0.411 e. The van der Waals surface area contributed by atoms with Crippen LogP contribution in [0.1, 0.15) is 18.4 Å². The summed E-state index contributed by atoms with van der Waals surface area (Å²) in [6, 6.07) is 9.31. The number of benzene rings is 1. The molecule has 2 rings (SSSR count). The Morgan fingerprint density at radius 3 is 2.59 bits per heavy atom. The van der Waals surface area contributed by atoms with Gasteiger partial charge in [0.1, 0.15) is 6.61 Å². The first-order chi connectivity index (χ1) is 10.7. The third-order valence-corrected chi connectivity index (χ3v) is 3.28. The molecule has 22 heavy (non-hydrogen) atoms. The minimum atomic E-state index is -0.906.